The van der Waals surface area contributed by atoms with Gasteiger partial charge in [0.1, 0.15) is 5.82 Å². The minimum atomic E-state index is 0.526. The first-order valence-electron chi connectivity index (χ1n) is 8.07. The van der Waals surface area contributed by atoms with Gasteiger partial charge >= 0.3 is 0 Å². The Kier molecular flexibility index (Phi) is 3.97. The van der Waals surface area contributed by atoms with E-state index in [2.05, 4.69) is 43.1 Å². The molecule has 20 heavy (non-hydrogen) atoms. The number of aryl methyl sites for hydroxylation is 1. The van der Waals surface area contributed by atoms with Gasteiger partial charge in [0.15, 0.2) is 0 Å². The summed E-state index contributed by atoms with van der Waals surface area (Å²) in [6.45, 7) is 9.87. The van der Waals surface area contributed by atoms with E-state index in [1.807, 2.05) is 0 Å². The maximum atomic E-state index is 4.77. The molecule has 2 atom stereocenters. The summed E-state index contributed by atoms with van der Waals surface area (Å²) in [5, 5.41) is 3.50. The van der Waals surface area contributed by atoms with Gasteiger partial charge in [-0.3, -0.25) is 0 Å². The van der Waals surface area contributed by atoms with Crippen molar-refractivity contribution < 1.29 is 0 Å². The largest absolute Gasteiger partial charge is 0.356 e. The van der Waals surface area contributed by atoms with E-state index in [0.717, 1.165) is 24.1 Å². The molecule has 2 unspecified atom stereocenters. The molecule has 1 aliphatic heterocycles. The van der Waals surface area contributed by atoms with Gasteiger partial charge in [0.2, 0.25) is 0 Å². The number of rotatable bonds is 4. The Morgan fingerprint density at radius 2 is 1.95 bits per heavy atom. The Hall–Kier alpha value is -1.09. The van der Waals surface area contributed by atoms with Crippen molar-refractivity contribution in [2.24, 2.45) is 11.8 Å². The lowest BCUT2D eigenvalue weighted by atomic mass is 10.0. The van der Waals surface area contributed by atoms with Crippen LogP contribution in [0.15, 0.2) is 12.1 Å². The highest BCUT2D eigenvalue weighted by atomic mass is 15.2. The molecule has 1 aromatic rings. The Morgan fingerprint density at radius 1 is 1.25 bits per heavy atom. The highest BCUT2D eigenvalue weighted by Crippen LogP contribution is 2.39. The first kappa shape index (κ1) is 13.9. The van der Waals surface area contributed by atoms with Crippen LogP contribution in [0.25, 0.3) is 0 Å². The normalized spacial score (nSPS) is 25.5. The molecular weight excluding hydrogens is 246 g/mol. The standard InChI is InChI=1S/C17H27N3/c1-12(2)18-9-14-7-13(3)19-17(8-14)20-10-15-5-4-6-16(15)11-20/h7-8,12,15-16,18H,4-6,9-11H2,1-3H3. The van der Waals surface area contributed by atoms with Gasteiger partial charge in [-0.1, -0.05) is 20.3 Å². The first-order valence-corrected chi connectivity index (χ1v) is 8.07. The van der Waals surface area contributed by atoms with Gasteiger partial charge in [0, 0.05) is 31.4 Å². The van der Waals surface area contributed by atoms with E-state index in [-0.39, 0.29) is 0 Å². The van der Waals surface area contributed by atoms with Crippen LogP contribution in [0.3, 0.4) is 0 Å². The van der Waals surface area contributed by atoms with Gasteiger partial charge in [-0.05, 0) is 49.3 Å². The molecule has 3 heteroatoms. The molecule has 2 fully saturated rings. The van der Waals surface area contributed by atoms with Gasteiger partial charge < -0.3 is 10.2 Å². The van der Waals surface area contributed by atoms with Crippen LogP contribution in [0.1, 0.15) is 44.4 Å². The van der Waals surface area contributed by atoms with Crippen molar-refractivity contribution in [3.8, 4) is 0 Å². The molecule has 1 saturated heterocycles. The van der Waals surface area contributed by atoms with E-state index in [4.69, 9.17) is 4.98 Å². The number of anilines is 1. The van der Waals surface area contributed by atoms with Crippen LogP contribution in [0.2, 0.25) is 0 Å². The molecule has 2 heterocycles. The average molecular weight is 273 g/mol. The molecular formula is C17H27N3. The predicted octanol–water partition coefficient (Wildman–Crippen LogP) is 3.12. The molecule has 0 bridgehead atoms. The maximum Gasteiger partial charge on any atom is 0.129 e. The minimum Gasteiger partial charge on any atom is -0.356 e. The highest BCUT2D eigenvalue weighted by molar-refractivity contribution is 5.44. The summed E-state index contributed by atoms with van der Waals surface area (Å²) >= 11 is 0. The van der Waals surface area contributed by atoms with Gasteiger partial charge in [-0.2, -0.15) is 0 Å². The topological polar surface area (TPSA) is 28.2 Å². The molecule has 1 aromatic heterocycles. The van der Waals surface area contributed by atoms with Crippen molar-refractivity contribution in [3.63, 3.8) is 0 Å². The predicted molar refractivity (Wildman–Crippen MR) is 84.0 cm³/mol. The number of nitrogens with zero attached hydrogens (tertiary/aromatic N) is 2. The number of aromatic nitrogens is 1. The number of hydrogen-bond acceptors (Lipinski definition) is 3. The SMILES string of the molecule is Cc1cc(CNC(C)C)cc(N2CC3CCCC3C2)n1. The first-order chi connectivity index (χ1) is 9.61. The van der Waals surface area contributed by atoms with Gasteiger partial charge in [-0.25, -0.2) is 4.98 Å². The van der Waals surface area contributed by atoms with Crippen molar-refractivity contribution in [2.45, 2.75) is 52.6 Å². The lowest BCUT2D eigenvalue weighted by Crippen LogP contribution is -2.24. The molecule has 1 saturated carbocycles. The lowest BCUT2D eigenvalue weighted by Gasteiger charge is -2.20. The molecule has 0 spiro atoms. The summed E-state index contributed by atoms with van der Waals surface area (Å²) in [6.07, 6.45) is 4.29. The van der Waals surface area contributed by atoms with Crippen molar-refractivity contribution in [2.75, 3.05) is 18.0 Å². The van der Waals surface area contributed by atoms with Crippen LogP contribution < -0.4 is 10.2 Å². The third kappa shape index (κ3) is 2.98. The second-order valence-corrected chi connectivity index (χ2v) is 6.87. The second-order valence-electron chi connectivity index (χ2n) is 6.87. The van der Waals surface area contributed by atoms with Crippen molar-refractivity contribution in [1.82, 2.24) is 10.3 Å². The molecule has 1 aliphatic carbocycles. The van der Waals surface area contributed by atoms with Crippen LogP contribution in [-0.2, 0) is 6.54 Å². The molecule has 2 aliphatic rings. The van der Waals surface area contributed by atoms with Crippen LogP contribution in [0.5, 0.6) is 0 Å². The smallest absolute Gasteiger partial charge is 0.129 e. The molecule has 0 aromatic carbocycles. The summed E-state index contributed by atoms with van der Waals surface area (Å²) < 4.78 is 0. The molecule has 0 radical (unpaired) electrons. The fourth-order valence-electron chi connectivity index (χ4n) is 3.73. The van der Waals surface area contributed by atoms with E-state index >= 15 is 0 Å². The third-order valence-corrected chi connectivity index (χ3v) is 4.76. The third-order valence-electron chi connectivity index (χ3n) is 4.76. The van der Waals surface area contributed by atoms with Crippen LogP contribution in [-0.4, -0.2) is 24.1 Å². The molecule has 3 nitrogen and oxygen atoms in total. The Morgan fingerprint density at radius 3 is 2.60 bits per heavy atom. The van der Waals surface area contributed by atoms with Gasteiger partial charge in [-0.15, -0.1) is 0 Å². The number of nitrogens with one attached hydrogen (secondary N) is 1. The van der Waals surface area contributed by atoms with Gasteiger partial charge in [0.25, 0.3) is 0 Å². The highest BCUT2D eigenvalue weighted by Gasteiger charge is 2.36. The van der Waals surface area contributed by atoms with E-state index in [1.54, 1.807) is 0 Å². The van der Waals surface area contributed by atoms with Crippen LogP contribution >= 0.6 is 0 Å². The zero-order valence-electron chi connectivity index (χ0n) is 13.0. The summed E-state index contributed by atoms with van der Waals surface area (Å²) in [5.41, 5.74) is 2.50. The van der Waals surface area contributed by atoms with E-state index in [0.29, 0.717) is 6.04 Å². The maximum absolute atomic E-state index is 4.77. The van der Waals surface area contributed by atoms with Gasteiger partial charge in [0.05, 0.1) is 0 Å². The average Bonchev–Trinajstić information content (AvgIpc) is 2.96. The zero-order valence-corrected chi connectivity index (χ0v) is 13.0. The monoisotopic (exact) mass is 273 g/mol. The van der Waals surface area contributed by atoms with Crippen molar-refractivity contribution in [3.05, 3.63) is 23.4 Å². The zero-order chi connectivity index (χ0) is 14.1. The molecule has 110 valence electrons. The molecule has 1 N–H and O–H groups in total. The Labute approximate surface area is 122 Å². The Balaban J connectivity index is 1.73. The Bertz CT molecular complexity index is 457. The van der Waals surface area contributed by atoms with Crippen molar-refractivity contribution >= 4 is 5.82 Å². The number of hydrogen-bond donors (Lipinski definition) is 1. The van der Waals surface area contributed by atoms with E-state index in [1.165, 1.54) is 43.7 Å². The molecule has 3 rings (SSSR count). The van der Waals surface area contributed by atoms with E-state index < -0.39 is 0 Å². The minimum absolute atomic E-state index is 0.526. The van der Waals surface area contributed by atoms with Crippen molar-refractivity contribution in [1.29, 1.82) is 0 Å². The summed E-state index contributed by atoms with van der Waals surface area (Å²) in [5.74, 6) is 3.05. The summed E-state index contributed by atoms with van der Waals surface area (Å²) in [6, 6.07) is 5.01. The van der Waals surface area contributed by atoms with Crippen LogP contribution in [0, 0.1) is 18.8 Å². The fourth-order valence-corrected chi connectivity index (χ4v) is 3.73. The molecule has 0 amide bonds. The summed E-state index contributed by atoms with van der Waals surface area (Å²) in [4.78, 5) is 7.28. The van der Waals surface area contributed by atoms with Crippen LogP contribution in [0.4, 0.5) is 5.82 Å². The van der Waals surface area contributed by atoms with E-state index in [9.17, 15) is 0 Å². The second kappa shape index (κ2) is 5.72. The summed E-state index contributed by atoms with van der Waals surface area (Å²) in [7, 11) is 0. The number of fused-ring (bicyclic) bond motifs is 1. The number of pyridine rings is 1. The quantitative estimate of drug-likeness (QED) is 0.913. The fraction of sp³-hybridized carbons (Fsp3) is 0.706. The lowest BCUT2D eigenvalue weighted by molar-refractivity contribution is 0.494.